The summed E-state index contributed by atoms with van der Waals surface area (Å²) in [7, 11) is 0. The molecule has 0 fully saturated rings. The van der Waals surface area contributed by atoms with Crippen LogP contribution in [0.1, 0.15) is 26.7 Å². The van der Waals surface area contributed by atoms with Gasteiger partial charge in [0.15, 0.2) is 4.30 Å². The monoisotopic (exact) mass is 308 g/mol. The minimum absolute atomic E-state index is 0.194. The lowest BCUT2D eigenvalue weighted by Gasteiger charge is -1.95. The molecule has 0 saturated heterocycles. The summed E-state index contributed by atoms with van der Waals surface area (Å²) >= 11 is 29.6. The Hall–Kier alpha value is 1.74. The SMILES string of the molecule is CCC(Cl)CC.ClC(Cl)Cl.ClCCl. The molecule has 6 heteroatoms. The van der Waals surface area contributed by atoms with Crippen LogP contribution in [0.3, 0.4) is 0 Å². The lowest BCUT2D eigenvalue weighted by Crippen LogP contribution is -1.89. The van der Waals surface area contributed by atoms with Gasteiger partial charge < -0.3 is 0 Å². The van der Waals surface area contributed by atoms with Crippen LogP contribution >= 0.6 is 69.6 Å². The molecular weight excluding hydrogens is 297 g/mol. The third-order valence-corrected chi connectivity index (χ3v) is 1.50. The van der Waals surface area contributed by atoms with Gasteiger partial charge in [-0.05, 0) is 12.8 Å². The van der Waals surface area contributed by atoms with Crippen molar-refractivity contribution in [2.45, 2.75) is 36.4 Å². The fourth-order valence-electron chi connectivity index (χ4n) is 0.289. The molecule has 0 radical (unpaired) electrons. The molecule has 0 amide bonds. The Balaban J connectivity index is -0.000000125. The molecule has 0 bridgehead atoms. The van der Waals surface area contributed by atoms with Crippen LogP contribution in [-0.4, -0.2) is 15.0 Å². The Morgan fingerprint density at radius 2 is 1.00 bits per heavy atom. The number of halogens is 6. The highest BCUT2D eigenvalue weighted by Crippen LogP contribution is 2.04. The zero-order valence-corrected chi connectivity index (χ0v) is 12.1. The summed E-state index contributed by atoms with van der Waals surface area (Å²) in [5.74, 6) is 0. The third-order valence-electron chi connectivity index (χ3n) is 0.886. The normalized spacial score (nSPS) is 8.77. The Kier molecular flexibility index (Phi) is 30.0. The van der Waals surface area contributed by atoms with Crippen molar-refractivity contribution in [1.29, 1.82) is 0 Å². The molecule has 0 unspecified atom stereocenters. The molecule has 84 valence electrons. The van der Waals surface area contributed by atoms with Crippen LogP contribution in [0, 0.1) is 0 Å². The summed E-state index contributed by atoms with van der Waals surface area (Å²) < 4.78 is -0.750. The van der Waals surface area contributed by atoms with Crippen LogP contribution in [0.25, 0.3) is 0 Å². The zero-order chi connectivity index (χ0) is 11.3. The lowest BCUT2D eigenvalue weighted by molar-refractivity contribution is 0.782. The van der Waals surface area contributed by atoms with Crippen LogP contribution in [-0.2, 0) is 0 Å². The Bertz CT molecular complexity index is 61.2. The Labute approximate surface area is 111 Å². The molecule has 0 saturated carbocycles. The molecule has 0 nitrogen and oxygen atoms in total. The maximum atomic E-state index is 5.65. The van der Waals surface area contributed by atoms with Crippen molar-refractivity contribution in [2.24, 2.45) is 0 Å². The highest BCUT2D eigenvalue weighted by molar-refractivity contribution is 6.63. The van der Waals surface area contributed by atoms with Gasteiger partial charge in [0.1, 0.15) is 0 Å². The molecule has 0 spiro atoms. The summed E-state index contributed by atoms with van der Waals surface area (Å²) in [5.41, 5.74) is 0. The number of rotatable bonds is 2. The van der Waals surface area contributed by atoms with Gasteiger partial charge in [-0.15, -0.1) is 34.8 Å². The average molecular weight is 311 g/mol. The quantitative estimate of drug-likeness (QED) is 0.564. The summed E-state index contributed by atoms with van der Waals surface area (Å²) in [5, 5.41) is 0.602. The van der Waals surface area contributed by atoms with Crippen LogP contribution in [0.4, 0.5) is 0 Å². The second-order valence-electron chi connectivity index (χ2n) is 1.76. The summed E-state index contributed by atoms with van der Waals surface area (Å²) in [6.07, 6.45) is 2.19. The molecular formula is C7H14Cl6. The highest BCUT2D eigenvalue weighted by Gasteiger charge is 1.91. The van der Waals surface area contributed by atoms with Gasteiger partial charge in [-0.25, -0.2) is 0 Å². The molecule has 0 N–H and O–H groups in total. The highest BCUT2D eigenvalue weighted by atomic mass is 35.6. The van der Waals surface area contributed by atoms with Gasteiger partial charge >= 0.3 is 0 Å². The smallest absolute Gasteiger partial charge is 0.123 e. The van der Waals surface area contributed by atoms with Crippen molar-refractivity contribution in [1.82, 2.24) is 0 Å². The first kappa shape index (κ1) is 20.2. The molecule has 0 heterocycles. The second-order valence-corrected chi connectivity index (χ2v) is 5.17. The van der Waals surface area contributed by atoms with E-state index in [0.717, 1.165) is 12.8 Å². The van der Waals surface area contributed by atoms with Crippen molar-refractivity contribution in [3.05, 3.63) is 0 Å². The number of hydrogen-bond donors (Lipinski definition) is 0. The van der Waals surface area contributed by atoms with E-state index in [1.54, 1.807) is 0 Å². The molecule has 0 aromatic carbocycles. The molecule has 0 aliphatic carbocycles. The van der Waals surface area contributed by atoms with Crippen LogP contribution in [0.15, 0.2) is 0 Å². The van der Waals surface area contributed by atoms with Crippen molar-refractivity contribution >= 4 is 69.6 Å². The van der Waals surface area contributed by atoms with Crippen molar-refractivity contribution in [3.8, 4) is 0 Å². The van der Waals surface area contributed by atoms with Gasteiger partial charge in [0, 0.05) is 5.38 Å². The predicted octanol–water partition coefficient (Wildman–Crippen LogP) is 5.82. The van der Waals surface area contributed by atoms with E-state index in [-0.39, 0.29) is 5.34 Å². The van der Waals surface area contributed by atoms with E-state index < -0.39 is 4.30 Å². The van der Waals surface area contributed by atoms with Crippen LogP contribution in [0.5, 0.6) is 0 Å². The fraction of sp³-hybridized carbons (Fsp3) is 1.00. The Morgan fingerprint density at radius 3 is 1.00 bits per heavy atom. The van der Waals surface area contributed by atoms with Gasteiger partial charge in [-0.2, -0.15) is 0 Å². The van der Waals surface area contributed by atoms with E-state index >= 15 is 0 Å². The van der Waals surface area contributed by atoms with Crippen molar-refractivity contribution in [3.63, 3.8) is 0 Å². The number of hydrogen-bond acceptors (Lipinski definition) is 0. The van der Waals surface area contributed by atoms with Gasteiger partial charge in [0.25, 0.3) is 0 Å². The van der Waals surface area contributed by atoms with E-state index in [2.05, 4.69) is 13.8 Å². The Morgan fingerprint density at radius 1 is 0.846 bits per heavy atom. The van der Waals surface area contributed by atoms with Gasteiger partial charge in [0.05, 0.1) is 5.34 Å². The molecule has 0 rings (SSSR count). The third kappa shape index (κ3) is 57.5. The summed E-state index contributed by atoms with van der Waals surface area (Å²) in [4.78, 5) is 0. The van der Waals surface area contributed by atoms with Gasteiger partial charge in [-0.3, -0.25) is 0 Å². The molecule has 0 aliphatic heterocycles. The molecule has 0 aliphatic rings. The first-order valence-electron chi connectivity index (χ1n) is 3.64. The van der Waals surface area contributed by atoms with Crippen LogP contribution < -0.4 is 0 Å². The van der Waals surface area contributed by atoms with E-state index in [0.29, 0.717) is 5.38 Å². The average Bonchev–Trinajstić information content (AvgIpc) is 2.03. The summed E-state index contributed by atoms with van der Waals surface area (Å²) in [6.45, 7) is 4.20. The first-order chi connectivity index (χ1) is 5.95. The van der Waals surface area contributed by atoms with E-state index in [1.165, 1.54) is 0 Å². The van der Waals surface area contributed by atoms with E-state index in [4.69, 9.17) is 69.6 Å². The molecule has 0 aromatic rings. The predicted molar refractivity (Wildman–Crippen MR) is 68.1 cm³/mol. The lowest BCUT2D eigenvalue weighted by atomic mass is 10.3. The topological polar surface area (TPSA) is 0 Å². The largest absolute Gasteiger partial charge is 0.180 e. The van der Waals surface area contributed by atoms with Crippen LogP contribution in [0.2, 0.25) is 0 Å². The molecule has 0 atom stereocenters. The standard InChI is InChI=1S/C5H11Cl.CHCl3.CH2Cl2/c1-3-5(6)4-2;2-1(3)4;2-1-3/h5H,3-4H2,1-2H3;1H;1H2. The summed E-state index contributed by atoms with van der Waals surface area (Å²) in [6, 6.07) is 0. The molecule has 0 aromatic heterocycles. The van der Waals surface area contributed by atoms with E-state index in [1.807, 2.05) is 0 Å². The minimum Gasteiger partial charge on any atom is -0.123 e. The minimum atomic E-state index is -0.750. The molecule has 13 heavy (non-hydrogen) atoms. The fourth-order valence-corrected chi connectivity index (χ4v) is 0.289. The zero-order valence-electron chi connectivity index (χ0n) is 7.54. The van der Waals surface area contributed by atoms with Gasteiger partial charge in [0.2, 0.25) is 0 Å². The van der Waals surface area contributed by atoms with Crippen molar-refractivity contribution in [2.75, 3.05) is 5.34 Å². The first-order valence-corrected chi connectivity index (χ1v) is 6.45. The van der Waals surface area contributed by atoms with E-state index in [9.17, 15) is 0 Å². The van der Waals surface area contributed by atoms with Gasteiger partial charge in [-0.1, -0.05) is 48.7 Å². The second kappa shape index (κ2) is 19.3. The number of alkyl halides is 6. The van der Waals surface area contributed by atoms with Crippen molar-refractivity contribution < 1.29 is 0 Å². The maximum absolute atomic E-state index is 5.65. The maximum Gasteiger partial charge on any atom is 0.180 e.